The van der Waals surface area contributed by atoms with Crippen LogP contribution in [0.3, 0.4) is 0 Å². The van der Waals surface area contributed by atoms with Gasteiger partial charge in [-0.15, -0.1) is 0 Å². The van der Waals surface area contributed by atoms with Crippen molar-refractivity contribution < 1.29 is 19.1 Å². The molecule has 1 N–H and O–H groups in total. The Hall–Kier alpha value is -1.95. The Morgan fingerprint density at radius 2 is 2.09 bits per heavy atom. The van der Waals surface area contributed by atoms with Gasteiger partial charge in [-0.25, -0.2) is 0 Å². The molecule has 0 bridgehead atoms. The van der Waals surface area contributed by atoms with Crippen molar-refractivity contribution in [1.82, 2.24) is 10.2 Å². The maximum atomic E-state index is 12.5. The summed E-state index contributed by atoms with van der Waals surface area (Å²) in [5, 5.41) is 3.14. The first-order chi connectivity index (χ1) is 11.0. The lowest BCUT2D eigenvalue weighted by atomic mass is 10.1. The third kappa shape index (κ3) is 4.51. The smallest absolute Gasteiger partial charge is 0.254 e. The third-order valence-electron chi connectivity index (χ3n) is 3.44. The van der Waals surface area contributed by atoms with Crippen molar-refractivity contribution in [2.24, 2.45) is 0 Å². The number of carbonyl (C=O) groups is 2. The van der Waals surface area contributed by atoms with E-state index >= 15 is 0 Å². The van der Waals surface area contributed by atoms with E-state index in [1.807, 2.05) is 6.92 Å². The highest BCUT2D eigenvalue weighted by Gasteiger charge is 2.25. The fourth-order valence-electron chi connectivity index (χ4n) is 2.14. The first-order valence-corrected chi connectivity index (χ1v) is 7.89. The molecule has 0 heterocycles. The summed E-state index contributed by atoms with van der Waals surface area (Å²) >= 11 is 6.17. The molecule has 1 aromatic rings. The summed E-state index contributed by atoms with van der Waals surface area (Å²) in [5.74, 6) is 0.326. The number of benzene rings is 1. The minimum absolute atomic E-state index is 0.00246. The second-order valence-corrected chi connectivity index (χ2v) is 5.83. The summed E-state index contributed by atoms with van der Waals surface area (Å²) in [7, 11) is 3.06. The molecular weight excluding hydrogens is 320 g/mol. The molecule has 23 heavy (non-hydrogen) atoms. The maximum absolute atomic E-state index is 12.5. The minimum Gasteiger partial charge on any atom is -0.493 e. The Bertz CT molecular complexity index is 602. The quantitative estimate of drug-likeness (QED) is 0.825. The fourth-order valence-corrected chi connectivity index (χ4v) is 2.40. The van der Waals surface area contributed by atoms with Gasteiger partial charge in [0.1, 0.15) is 0 Å². The normalized spacial score (nSPS) is 13.4. The van der Waals surface area contributed by atoms with Crippen LogP contribution in [-0.4, -0.2) is 50.1 Å². The van der Waals surface area contributed by atoms with Crippen molar-refractivity contribution in [2.45, 2.75) is 25.8 Å². The SMILES string of the molecule is CCOc1c(Cl)cc(C(=O)N(C)CC(=O)NC2CC2)cc1OC. The topological polar surface area (TPSA) is 67.9 Å². The molecule has 0 unspecified atom stereocenters. The summed E-state index contributed by atoms with van der Waals surface area (Å²) in [4.78, 5) is 25.6. The van der Waals surface area contributed by atoms with Gasteiger partial charge in [-0.2, -0.15) is 0 Å². The lowest BCUT2D eigenvalue weighted by Crippen LogP contribution is -2.39. The van der Waals surface area contributed by atoms with Crippen LogP contribution in [0.15, 0.2) is 12.1 Å². The molecule has 1 aliphatic carbocycles. The van der Waals surface area contributed by atoms with Gasteiger partial charge in [0.25, 0.3) is 5.91 Å². The predicted molar refractivity (Wildman–Crippen MR) is 87.3 cm³/mol. The molecule has 6 nitrogen and oxygen atoms in total. The monoisotopic (exact) mass is 340 g/mol. The van der Waals surface area contributed by atoms with Gasteiger partial charge in [0.15, 0.2) is 11.5 Å². The van der Waals surface area contributed by atoms with Crippen LogP contribution >= 0.6 is 11.6 Å². The Labute approximate surface area is 140 Å². The van der Waals surface area contributed by atoms with Gasteiger partial charge in [-0.3, -0.25) is 9.59 Å². The lowest BCUT2D eigenvalue weighted by molar-refractivity contribution is -0.121. The summed E-state index contributed by atoms with van der Waals surface area (Å²) in [6, 6.07) is 3.35. The zero-order valence-electron chi connectivity index (χ0n) is 13.5. The Morgan fingerprint density at radius 3 is 2.65 bits per heavy atom. The summed E-state index contributed by atoms with van der Waals surface area (Å²) in [5.41, 5.74) is 0.344. The van der Waals surface area contributed by atoms with Crippen molar-refractivity contribution in [3.05, 3.63) is 22.7 Å². The maximum Gasteiger partial charge on any atom is 0.254 e. The van der Waals surface area contributed by atoms with Crippen molar-refractivity contribution in [3.8, 4) is 11.5 Å². The van der Waals surface area contributed by atoms with Crippen LogP contribution in [-0.2, 0) is 4.79 Å². The predicted octanol–water partition coefficient (Wildman–Crippen LogP) is 2.10. The molecule has 0 saturated heterocycles. The Balaban J connectivity index is 2.11. The zero-order valence-corrected chi connectivity index (χ0v) is 14.3. The number of carbonyl (C=O) groups excluding carboxylic acids is 2. The van der Waals surface area contributed by atoms with E-state index < -0.39 is 0 Å². The van der Waals surface area contributed by atoms with Crippen molar-refractivity contribution >= 4 is 23.4 Å². The fraction of sp³-hybridized carbons (Fsp3) is 0.500. The number of rotatable bonds is 7. The second kappa shape index (κ2) is 7.55. The largest absolute Gasteiger partial charge is 0.493 e. The standard InChI is InChI=1S/C16H21ClN2O4/c1-4-23-15-12(17)7-10(8-13(15)22-3)16(21)19(2)9-14(20)18-11-5-6-11/h7-8,11H,4-6,9H2,1-3H3,(H,18,20). The number of hydrogen-bond donors (Lipinski definition) is 1. The summed E-state index contributed by atoms with van der Waals surface area (Å²) in [6.07, 6.45) is 2.02. The molecule has 2 amide bonds. The number of hydrogen-bond acceptors (Lipinski definition) is 4. The third-order valence-corrected chi connectivity index (χ3v) is 3.72. The molecule has 7 heteroatoms. The van der Waals surface area contributed by atoms with Crippen LogP contribution in [0, 0.1) is 0 Å². The number of amides is 2. The van der Waals surface area contributed by atoms with Gasteiger partial charge in [-0.05, 0) is 31.9 Å². The molecule has 1 aromatic carbocycles. The van der Waals surface area contributed by atoms with Gasteiger partial charge in [0.05, 0.1) is 25.3 Å². The Kier molecular flexibility index (Phi) is 5.71. The summed E-state index contributed by atoms with van der Waals surface area (Å²) < 4.78 is 10.7. The molecule has 0 aliphatic heterocycles. The molecule has 126 valence electrons. The van der Waals surface area contributed by atoms with E-state index in [2.05, 4.69) is 5.32 Å². The first-order valence-electron chi connectivity index (χ1n) is 7.51. The van der Waals surface area contributed by atoms with E-state index in [9.17, 15) is 9.59 Å². The molecule has 2 rings (SSSR count). The van der Waals surface area contributed by atoms with Crippen LogP contribution in [0.4, 0.5) is 0 Å². The van der Waals surface area contributed by atoms with Crippen LogP contribution in [0.5, 0.6) is 11.5 Å². The van der Waals surface area contributed by atoms with Crippen molar-refractivity contribution in [3.63, 3.8) is 0 Å². The first kappa shape index (κ1) is 17.4. The van der Waals surface area contributed by atoms with E-state index in [-0.39, 0.29) is 24.4 Å². The highest BCUT2D eigenvalue weighted by atomic mass is 35.5. The molecule has 0 radical (unpaired) electrons. The minimum atomic E-state index is -0.306. The van der Waals surface area contributed by atoms with E-state index in [1.54, 1.807) is 13.1 Å². The highest BCUT2D eigenvalue weighted by Crippen LogP contribution is 2.36. The van der Waals surface area contributed by atoms with E-state index in [1.165, 1.54) is 18.1 Å². The van der Waals surface area contributed by atoms with Gasteiger partial charge in [0.2, 0.25) is 5.91 Å². The molecule has 1 fully saturated rings. The second-order valence-electron chi connectivity index (χ2n) is 5.43. The molecule has 1 aliphatic rings. The van der Waals surface area contributed by atoms with Gasteiger partial charge in [0, 0.05) is 18.7 Å². The zero-order chi connectivity index (χ0) is 17.0. The number of methoxy groups -OCH3 is 1. The summed E-state index contributed by atoms with van der Waals surface area (Å²) in [6.45, 7) is 2.27. The number of likely N-dealkylation sites (N-methyl/N-ethyl adjacent to an activating group) is 1. The number of nitrogens with one attached hydrogen (secondary N) is 1. The molecule has 1 saturated carbocycles. The van der Waals surface area contributed by atoms with E-state index in [0.29, 0.717) is 28.7 Å². The van der Waals surface area contributed by atoms with Gasteiger partial charge < -0.3 is 19.7 Å². The van der Waals surface area contributed by atoms with Crippen molar-refractivity contribution in [1.29, 1.82) is 0 Å². The molecular formula is C16H21ClN2O4. The van der Waals surface area contributed by atoms with Crippen LogP contribution in [0.2, 0.25) is 5.02 Å². The van der Waals surface area contributed by atoms with E-state index in [0.717, 1.165) is 12.8 Å². The number of halogens is 1. The molecule has 0 aromatic heterocycles. The molecule has 0 spiro atoms. The van der Waals surface area contributed by atoms with Gasteiger partial charge in [-0.1, -0.05) is 11.6 Å². The van der Waals surface area contributed by atoms with Crippen LogP contribution < -0.4 is 14.8 Å². The lowest BCUT2D eigenvalue weighted by Gasteiger charge is -2.18. The number of nitrogens with zero attached hydrogens (tertiary/aromatic N) is 1. The average Bonchev–Trinajstić information content (AvgIpc) is 3.31. The average molecular weight is 341 g/mol. The van der Waals surface area contributed by atoms with E-state index in [4.69, 9.17) is 21.1 Å². The Morgan fingerprint density at radius 1 is 1.39 bits per heavy atom. The van der Waals surface area contributed by atoms with Crippen molar-refractivity contribution in [2.75, 3.05) is 27.3 Å². The van der Waals surface area contributed by atoms with Crippen LogP contribution in [0.1, 0.15) is 30.1 Å². The van der Waals surface area contributed by atoms with Gasteiger partial charge >= 0.3 is 0 Å². The van der Waals surface area contributed by atoms with Crippen LogP contribution in [0.25, 0.3) is 0 Å². The highest BCUT2D eigenvalue weighted by molar-refractivity contribution is 6.32. The molecule has 0 atom stereocenters. The number of ether oxygens (including phenoxy) is 2.